The van der Waals surface area contributed by atoms with Crippen molar-refractivity contribution in [3.8, 4) is 18.1 Å². The third-order valence-corrected chi connectivity index (χ3v) is 6.63. The highest BCUT2D eigenvalue weighted by Crippen LogP contribution is 2.55. The number of amides is 1. The number of hydrogen-bond acceptors (Lipinski definition) is 4. The minimum atomic E-state index is -0.273. The summed E-state index contributed by atoms with van der Waals surface area (Å²) in [6.07, 6.45) is 5.42. The number of rotatable bonds is 4. The maximum Gasteiger partial charge on any atom is 0.258 e. The summed E-state index contributed by atoms with van der Waals surface area (Å²) in [7, 11) is 0. The fraction of sp³-hybridized carbons (Fsp3) is 0.172. The van der Waals surface area contributed by atoms with Crippen molar-refractivity contribution in [3.63, 3.8) is 0 Å². The lowest BCUT2D eigenvalue weighted by Gasteiger charge is -2.27. The Morgan fingerprint density at radius 1 is 0.912 bits per heavy atom. The first-order valence-corrected chi connectivity index (χ1v) is 11.3. The highest BCUT2D eigenvalue weighted by molar-refractivity contribution is 6.56. The number of para-hydroxylation sites is 1. The summed E-state index contributed by atoms with van der Waals surface area (Å²) in [6.45, 7) is 1.95. The van der Waals surface area contributed by atoms with Crippen molar-refractivity contribution >= 4 is 39.2 Å². The molecular formula is C29H21NO4. The van der Waals surface area contributed by atoms with Crippen LogP contribution in [0.5, 0.6) is 5.75 Å². The average molecular weight is 447 g/mol. The number of terminal acetylenes is 1. The van der Waals surface area contributed by atoms with E-state index in [1.165, 1.54) is 0 Å². The van der Waals surface area contributed by atoms with Gasteiger partial charge in [0.25, 0.3) is 5.91 Å². The maximum atomic E-state index is 14.1. The number of allylic oxidation sites excluding steroid dienone is 3. The smallest absolute Gasteiger partial charge is 0.258 e. The first kappa shape index (κ1) is 20.5. The summed E-state index contributed by atoms with van der Waals surface area (Å²) in [6, 6.07) is 19.5. The quantitative estimate of drug-likeness (QED) is 0.449. The Balaban J connectivity index is 1.62. The Morgan fingerprint density at radius 3 is 2.32 bits per heavy atom. The van der Waals surface area contributed by atoms with Gasteiger partial charge in [-0.05, 0) is 28.0 Å². The van der Waals surface area contributed by atoms with E-state index in [1.54, 1.807) is 11.0 Å². The first-order chi connectivity index (χ1) is 16.7. The molecule has 0 spiro atoms. The summed E-state index contributed by atoms with van der Waals surface area (Å²) in [5, 5.41) is 2.14. The van der Waals surface area contributed by atoms with Crippen LogP contribution in [0.4, 0.5) is 0 Å². The summed E-state index contributed by atoms with van der Waals surface area (Å²) >= 11 is 0. The predicted molar refractivity (Wildman–Crippen MR) is 131 cm³/mol. The van der Waals surface area contributed by atoms with Gasteiger partial charge in [0.15, 0.2) is 0 Å². The van der Waals surface area contributed by atoms with Gasteiger partial charge in [0, 0.05) is 35.4 Å². The molecule has 1 amide bonds. The zero-order valence-electron chi connectivity index (χ0n) is 18.5. The second-order valence-corrected chi connectivity index (χ2v) is 8.43. The topological polar surface area (TPSA) is 55.8 Å². The van der Waals surface area contributed by atoms with Gasteiger partial charge in [-0.25, -0.2) is 0 Å². The third kappa shape index (κ3) is 2.93. The molecule has 0 atom stereocenters. The Kier molecular flexibility index (Phi) is 4.83. The molecule has 166 valence electrons. The van der Waals surface area contributed by atoms with Gasteiger partial charge in [0.05, 0.1) is 18.8 Å². The Hall–Kier alpha value is -4.14. The Labute approximate surface area is 197 Å². The minimum Gasteiger partial charge on any atom is -0.480 e. The Bertz CT molecular complexity index is 1480. The second-order valence-electron chi connectivity index (χ2n) is 8.43. The van der Waals surface area contributed by atoms with Gasteiger partial charge in [-0.1, -0.05) is 60.5 Å². The van der Waals surface area contributed by atoms with E-state index in [4.69, 9.17) is 15.9 Å². The molecule has 34 heavy (non-hydrogen) atoms. The van der Waals surface area contributed by atoms with E-state index in [-0.39, 0.29) is 23.9 Å². The lowest BCUT2D eigenvalue weighted by atomic mass is 9.94. The van der Waals surface area contributed by atoms with Crippen LogP contribution in [0.25, 0.3) is 27.5 Å². The predicted octanol–water partition coefficient (Wildman–Crippen LogP) is 3.97. The van der Waals surface area contributed by atoms with Crippen molar-refractivity contribution in [3.05, 3.63) is 82.9 Å². The number of ketones is 1. The van der Waals surface area contributed by atoms with E-state index in [1.807, 2.05) is 42.5 Å². The summed E-state index contributed by atoms with van der Waals surface area (Å²) in [5.74, 6) is 2.49. The van der Waals surface area contributed by atoms with Gasteiger partial charge in [0.2, 0.25) is 5.78 Å². The lowest BCUT2D eigenvalue weighted by Crippen LogP contribution is -2.42. The van der Waals surface area contributed by atoms with Crippen LogP contribution in [0.1, 0.15) is 16.7 Å². The van der Waals surface area contributed by atoms with Gasteiger partial charge in [-0.3, -0.25) is 9.59 Å². The van der Waals surface area contributed by atoms with Crippen molar-refractivity contribution in [2.24, 2.45) is 0 Å². The zero-order valence-corrected chi connectivity index (χ0v) is 18.5. The van der Waals surface area contributed by atoms with Crippen LogP contribution in [0.3, 0.4) is 0 Å². The molecule has 6 rings (SSSR count). The van der Waals surface area contributed by atoms with Crippen LogP contribution >= 0.6 is 0 Å². The van der Waals surface area contributed by atoms with Crippen molar-refractivity contribution in [2.75, 3.05) is 32.9 Å². The monoisotopic (exact) mass is 447 g/mol. The van der Waals surface area contributed by atoms with Crippen LogP contribution in [-0.2, 0) is 14.3 Å². The highest BCUT2D eigenvalue weighted by atomic mass is 16.5. The summed E-state index contributed by atoms with van der Waals surface area (Å²) < 4.78 is 11.2. The zero-order chi connectivity index (χ0) is 23.2. The normalized spacial score (nSPS) is 16.8. The van der Waals surface area contributed by atoms with E-state index in [0.717, 1.165) is 33.0 Å². The highest BCUT2D eigenvalue weighted by Gasteiger charge is 2.44. The Morgan fingerprint density at radius 2 is 1.59 bits per heavy atom. The third-order valence-electron chi connectivity index (χ3n) is 6.63. The molecule has 0 N–H and O–H groups in total. The molecule has 0 aromatic heterocycles. The molecule has 0 radical (unpaired) electrons. The van der Waals surface area contributed by atoms with Crippen LogP contribution in [0, 0.1) is 12.3 Å². The molecule has 1 fully saturated rings. The van der Waals surface area contributed by atoms with Gasteiger partial charge in [-0.2, -0.15) is 0 Å². The van der Waals surface area contributed by atoms with E-state index in [9.17, 15) is 9.59 Å². The largest absolute Gasteiger partial charge is 0.480 e. The first-order valence-electron chi connectivity index (χ1n) is 11.3. The number of carbonyl (C=O) groups excluding carboxylic acids is 2. The fourth-order valence-electron chi connectivity index (χ4n) is 5.20. The number of fused-ring (bicyclic) bond motifs is 3. The van der Waals surface area contributed by atoms with Crippen molar-refractivity contribution in [1.29, 1.82) is 0 Å². The molecule has 0 saturated carbocycles. The van der Waals surface area contributed by atoms with E-state index in [2.05, 4.69) is 18.1 Å². The molecular weight excluding hydrogens is 426 g/mol. The lowest BCUT2D eigenvalue weighted by molar-refractivity contribution is -0.132. The van der Waals surface area contributed by atoms with E-state index < -0.39 is 0 Å². The molecule has 3 aliphatic rings. The van der Waals surface area contributed by atoms with Crippen LogP contribution < -0.4 is 4.74 Å². The van der Waals surface area contributed by atoms with Gasteiger partial charge >= 0.3 is 0 Å². The van der Waals surface area contributed by atoms with Crippen LogP contribution in [-0.4, -0.2) is 49.5 Å². The van der Waals surface area contributed by atoms with Crippen LogP contribution in [0.15, 0.2) is 66.2 Å². The SMILES string of the molecule is C#CCOc1ccccc1C1=C2C(=C(C(=O)N3CCOCC3)C1=O)c1cccc3cccc2c13. The van der Waals surface area contributed by atoms with E-state index >= 15 is 0 Å². The summed E-state index contributed by atoms with van der Waals surface area (Å²) in [5.41, 5.74) is 4.75. The van der Waals surface area contributed by atoms with Crippen LogP contribution in [0.2, 0.25) is 0 Å². The summed E-state index contributed by atoms with van der Waals surface area (Å²) in [4.78, 5) is 29.5. The van der Waals surface area contributed by atoms with Gasteiger partial charge < -0.3 is 14.4 Å². The number of Topliss-reactive ketones (excluding diaryl/α,β-unsaturated/α-hetero) is 1. The molecule has 1 saturated heterocycles. The number of hydrogen-bond donors (Lipinski definition) is 0. The molecule has 5 nitrogen and oxygen atoms in total. The maximum absolute atomic E-state index is 14.1. The standard InChI is InChI=1S/C29H21NO4/c1-2-15-34-22-12-4-3-9-19(22)26-24-20-10-5-7-18-8-6-11-21(23(18)20)25(24)27(28(26)31)29(32)30-13-16-33-17-14-30/h1,3-12H,13-17H2. The van der Waals surface area contributed by atoms with Crippen molar-refractivity contribution in [1.82, 2.24) is 4.90 Å². The average Bonchev–Trinajstić information content (AvgIpc) is 3.36. The number of nitrogens with zero attached hydrogens (tertiary/aromatic N) is 1. The van der Waals surface area contributed by atoms with Crippen molar-refractivity contribution in [2.45, 2.75) is 0 Å². The van der Waals surface area contributed by atoms with Gasteiger partial charge in [0.1, 0.15) is 12.4 Å². The van der Waals surface area contributed by atoms with E-state index in [0.29, 0.717) is 43.2 Å². The number of morpholine rings is 1. The fourth-order valence-corrected chi connectivity index (χ4v) is 5.20. The van der Waals surface area contributed by atoms with Gasteiger partial charge in [-0.15, -0.1) is 6.42 Å². The molecule has 3 aromatic rings. The molecule has 5 heteroatoms. The van der Waals surface area contributed by atoms with Crippen molar-refractivity contribution < 1.29 is 19.1 Å². The molecule has 0 unspecified atom stereocenters. The second kappa shape index (κ2) is 8.02. The molecule has 3 aromatic carbocycles. The molecule has 2 aliphatic carbocycles. The number of carbonyl (C=O) groups is 2. The molecule has 0 bridgehead atoms. The molecule has 1 aliphatic heterocycles. The molecule has 1 heterocycles. The minimum absolute atomic E-state index is 0.0868. The number of ether oxygens (including phenoxy) is 2. The number of benzene rings is 3.